The van der Waals surface area contributed by atoms with Crippen LogP contribution in [-0.2, 0) is 16.4 Å². The van der Waals surface area contributed by atoms with Gasteiger partial charge in [-0.3, -0.25) is 0 Å². The lowest BCUT2D eigenvalue weighted by Gasteiger charge is -2.11. The summed E-state index contributed by atoms with van der Waals surface area (Å²) in [6.45, 7) is 4.52. The molecule has 3 rings (SSSR count). The van der Waals surface area contributed by atoms with E-state index in [1.807, 2.05) is 25.1 Å². The number of aryl methyl sites for hydroxylation is 2. The second kappa shape index (κ2) is 10.2. The van der Waals surface area contributed by atoms with Gasteiger partial charge >= 0.3 is 0 Å². The third kappa shape index (κ3) is 6.40. The van der Waals surface area contributed by atoms with E-state index < -0.39 is 10.0 Å². The number of benzene rings is 2. The monoisotopic (exact) mass is 441 g/mol. The molecule has 0 bridgehead atoms. The molecule has 0 aliphatic rings. The number of sulfonamides is 1. The van der Waals surface area contributed by atoms with Crippen LogP contribution in [0.4, 0.5) is 17.5 Å². The van der Waals surface area contributed by atoms with Crippen LogP contribution in [0.1, 0.15) is 18.2 Å². The van der Waals surface area contributed by atoms with E-state index in [2.05, 4.69) is 44.4 Å². The molecule has 164 valence electrons. The summed E-state index contributed by atoms with van der Waals surface area (Å²) in [6.07, 6.45) is 0.989. The van der Waals surface area contributed by atoms with Crippen LogP contribution < -0.4 is 20.1 Å². The molecule has 0 aliphatic carbocycles. The maximum Gasteiger partial charge on any atom is 0.240 e. The molecule has 0 saturated heterocycles. The zero-order chi connectivity index (χ0) is 22.3. The molecule has 9 heteroatoms. The molecule has 2 aromatic carbocycles. The van der Waals surface area contributed by atoms with E-state index in [0.29, 0.717) is 24.1 Å². The summed E-state index contributed by atoms with van der Waals surface area (Å²) in [7, 11) is -2.07. The summed E-state index contributed by atoms with van der Waals surface area (Å²) < 4.78 is 32.4. The highest BCUT2D eigenvalue weighted by atomic mass is 32.2. The van der Waals surface area contributed by atoms with Crippen molar-refractivity contribution in [2.24, 2.45) is 0 Å². The van der Waals surface area contributed by atoms with Crippen molar-refractivity contribution in [3.05, 3.63) is 65.9 Å². The van der Waals surface area contributed by atoms with Gasteiger partial charge in [0.1, 0.15) is 11.6 Å². The molecule has 3 N–H and O–H groups in total. The SMILES string of the molecule is CCc1ccc(Nc2cc(C)nc(NCCNS(=O)(=O)c3ccc(OC)cc3)n2)cc1. The van der Waals surface area contributed by atoms with Crippen molar-refractivity contribution in [1.82, 2.24) is 14.7 Å². The highest BCUT2D eigenvalue weighted by molar-refractivity contribution is 7.89. The van der Waals surface area contributed by atoms with E-state index in [4.69, 9.17) is 4.74 Å². The van der Waals surface area contributed by atoms with Gasteiger partial charge in [-0.15, -0.1) is 0 Å². The lowest BCUT2D eigenvalue weighted by molar-refractivity contribution is 0.414. The number of ether oxygens (including phenoxy) is 1. The molecule has 1 heterocycles. The summed E-state index contributed by atoms with van der Waals surface area (Å²) in [5, 5.41) is 6.33. The minimum atomic E-state index is -3.60. The number of methoxy groups -OCH3 is 1. The predicted octanol–water partition coefficient (Wildman–Crippen LogP) is 3.49. The zero-order valence-corrected chi connectivity index (χ0v) is 18.7. The number of hydrogen-bond acceptors (Lipinski definition) is 7. The zero-order valence-electron chi connectivity index (χ0n) is 17.8. The standard InChI is InChI=1S/C22H27N5O3S/c1-4-17-5-7-18(8-6-17)26-21-15-16(2)25-22(27-21)23-13-14-24-31(28,29)20-11-9-19(30-3)10-12-20/h5-12,15,24H,4,13-14H2,1-3H3,(H2,23,25,26,27). The molecule has 0 unspecified atom stereocenters. The van der Waals surface area contributed by atoms with Crippen molar-refractivity contribution >= 4 is 27.5 Å². The van der Waals surface area contributed by atoms with Crippen molar-refractivity contribution < 1.29 is 13.2 Å². The van der Waals surface area contributed by atoms with Crippen LogP contribution in [0.3, 0.4) is 0 Å². The number of rotatable bonds is 10. The van der Waals surface area contributed by atoms with Crippen molar-refractivity contribution in [3.63, 3.8) is 0 Å². The summed E-state index contributed by atoms with van der Waals surface area (Å²) >= 11 is 0. The number of nitrogens with zero attached hydrogens (tertiary/aromatic N) is 2. The molecule has 0 radical (unpaired) electrons. The Kier molecular flexibility index (Phi) is 7.43. The van der Waals surface area contributed by atoms with Crippen LogP contribution in [0.15, 0.2) is 59.5 Å². The summed E-state index contributed by atoms with van der Waals surface area (Å²) in [5.74, 6) is 1.69. The fraction of sp³-hybridized carbons (Fsp3) is 0.273. The van der Waals surface area contributed by atoms with Crippen LogP contribution in [-0.4, -0.2) is 38.6 Å². The van der Waals surface area contributed by atoms with Crippen LogP contribution in [0.5, 0.6) is 5.75 Å². The van der Waals surface area contributed by atoms with Gasteiger partial charge in [-0.05, 0) is 55.3 Å². The average Bonchev–Trinajstić information content (AvgIpc) is 2.77. The Morgan fingerprint density at radius 3 is 2.32 bits per heavy atom. The van der Waals surface area contributed by atoms with Crippen LogP contribution >= 0.6 is 0 Å². The third-order valence-corrected chi connectivity index (χ3v) is 6.04. The van der Waals surface area contributed by atoms with E-state index in [1.165, 1.54) is 24.8 Å². The van der Waals surface area contributed by atoms with Crippen LogP contribution in [0.2, 0.25) is 0 Å². The van der Waals surface area contributed by atoms with Crippen molar-refractivity contribution in [2.45, 2.75) is 25.2 Å². The first-order chi connectivity index (χ1) is 14.9. The first-order valence-electron chi connectivity index (χ1n) is 9.99. The first-order valence-corrected chi connectivity index (χ1v) is 11.5. The molecule has 0 atom stereocenters. The normalized spacial score (nSPS) is 11.2. The Balaban J connectivity index is 1.56. The Hall–Kier alpha value is -3.17. The lowest BCUT2D eigenvalue weighted by atomic mass is 10.1. The number of anilines is 3. The molecular formula is C22H27N5O3S. The minimum absolute atomic E-state index is 0.181. The van der Waals surface area contributed by atoms with E-state index in [-0.39, 0.29) is 11.4 Å². The number of hydrogen-bond donors (Lipinski definition) is 3. The molecular weight excluding hydrogens is 414 g/mol. The molecule has 31 heavy (non-hydrogen) atoms. The Morgan fingerprint density at radius 2 is 1.68 bits per heavy atom. The van der Waals surface area contributed by atoms with Crippen molar-refractivity contribution in [2.75, 3.05) is 30.8 Å². The van der Waals surface area contributed by atoms with Gasteiger partial charge in [0.15, 0.2) is 0 Å². The molecule has 0 aliphatic heterocycles. The van der Waals surface area contributed by atoms with Crippen LogP contribution in [0, 0.1) is 6.92 Å². The van der Waals surface area contributed by atoms with Gasteiger partial charge in [-0.2, -0.15) is 4.98 Å². The summed E-state index contributed by atoms with van der Waals surface area (Å²) in [6, 6.07) is 16.2. The lowest BCUT2D eigenvalue weighted by Crippen LogP contribution is -2.29. The van der Waals surface area contributed by atoms with E-state index in [9.17, 15) is 8.42 Å². The van der Waals surface area contributed by atoms with Crippen molar-refractivity contribution in [3.8, 4) is 5.75 Å². The van der Waals surface area contributed by atoms with Crippen LogP contribution in [0.25, 0.3) is 0 Å². The molecule has 0 amide bonds. The minimum Gasteiger partial charge on any atom is -0.497 e. The van der Waals surface area contributed by atoms with Gasteiger partial charge in [0, 0.05) is 30.5 Å². The van der Waals surface area contributed by atoms with E-state index >= 15 is 0 Å². The fourth-order valence-electron chi connectivity index (χ4n) is 2.88. The molecule has 0 fully saturated rings. The third-order valence-electron chi connectivity index (χ3n) is 4.56. The summed E-state index contributed by atoms with van der Waals surface area (Å²) in [4.78, 5) is 9.00. The first kappa shape index (κ1) is 22.5. The molecule has 3 aromatic rings. The maximum absolute atomic E-state index is 12.4. The quantitative estimate of drug-likeness (QED) is 0.414. The Bertz CT molecular complexity index is 1100. The van der Waals surface area contributed by atoms with E-state index in [1.54, 1.807) is 12.1 Å². The molecule has 1 aromatic heterocycles. The number of aromatic nitrogens is 2. The maximum atomic E-state index is 12.4. The van der Waals surface area contributed by atoms with Gasteiger partial charge in [0.25, 0.3) is 0 Å². The highest BCUT2D eigenvalue weighted by Crippen LogP contribution is 2.18. The van der Waals surface area contributed by atoms with E-state index in [0.717, 1.165) is 17.8 Å². The predicted molar refractivity (Wildman–Crippen MR) is 123 cm³/mol. The second-order valence-corrected chi connectivity index (χ2v) is 8.66. The molecule has 8 nitrogen and oxygen atoms in total. The highest BCUT2D eigenvalue weighted by Gasteiger charge is 2.13. The molecule has 0 spiro atoms. The van der Waals surface area contributed by atoms with Crippen molar-refractivity contribution in [1.29, 1.82) is 0 Å². The fourth-order valence-corrected chi connectivity index (χ4v) is 3.91. The van der Waals surface area contributed by atoms with Gasteiger partial charge in [0.05, 0.1) is 12.0 Å². The Morgan fingerprint density at radius 1 is 0.968 bits per heavy atom. The van der Waals surface area contributed by atoms with Gasteiger partial charge in [0.2, 0.25) is 16.0 Å². The molecule has 0 saturated carbocycles. The largest absolute Gasteiger partial charge is 0.497 e. The smallest absolute Gasteiger partial charge is 0.240 e. The number of nitrogens with one attached hydrogen (secondary N) is 3. The van der Waals surface area contributed by atoms with Gasteiger partial charge < -0.3 is 15.4 Å². The second-order valence-electron chi connectivity index (χ2n) is 6.89. The summed E-state index contributed by atoms with van der Waals surface area (Å²) in [5.41, 5.74) is 3.00. The average molecular weight is 442 g/mol. The topological polar surface area (TPSA) is 105 Å². The van der Waals surface area contributed by atoms with Gasteiger partial charge in [-0.1, -0.05) is 19.1 Å². The van der Waals surface area contributed by atoms with Gasteiger partial charge in [-0.25, -0.2) is 18.1 Å². The Labute approximate surface area is 183 Å².